The quantitative estimate of drug-likeness (QED) is 0.668. The van der Waals surface area contributed by atoms with Gasteiger partial charge in [-0.25, -0.2) is 0 Å². The molecule has 2 aromatic rings. The van der Waals surface area contributed by atoms with Gasteiger partial charge in [0, 0.05) is 21.5 Å². The molecule has 3 N–H and O–H groups in total. The van der Waals surface area contributed by atoms with Gasteiger partial charge in [-0.3, -0.25) is 0 Å². The molecule has 3 rings (SSSR count). The number of benzene rings is 2. The average molecular weight is 404 g/mol. The van der Waals surface area contributed by atoms with Crippen LogP contribution >= 0.6 is 23.2 Å². The monoisotopic (exact) mass is 403 g/mol. The Kier molecular flexibility index (Phi) is 6.32. The van der Waals surface area contributed by atoms with E-state index in [0.29, 0.717) is 11.4 Å². The summed E-state index contributed by atoms with van der Waals surface area (Å²) in [6, 6.07) is 15.7. The van der Waals surface area contributed by atoms with Gasteiger partial charge in [-0.1, -0.05) is 47.5 Å². The van der Waals surface area contributed by atoms with E-state index in [1.807, 2.05) is 56.3 Å². The molecule has 2 aromatic carbocycles. The number of rotatable bonds is 4. The van der Waals surface area contributed by atoms with Gasteiger partial charge in [-0.15, -0.1) is 0 Å². The highest BCUT2D eigenvalue weighted by molar-refractivity contribution is 6.30. The molecule has 0 aromatic heterocycles. The number of hydrogen-bond acceptors (Lipinski definition) is 2. The second kappa shape index (κ2) is 8.36. The van der Waals surface area contributed by atoms with Crippen molar-refractivity contribution in [1.82, 2.24) is 0 Å². The van der Waals surface area contributed by atoms with E-state index in [9.17, 15) is 5.11 Å². The lowest BCUT2D eigenvalue weighted by molar-refractivity contribution is 0.0740. The molecule has 2 atom stereocenters. The van der Waals surface area contributed by atoms with Crippen LogP contribution in [0.3, 0.4) is 0 Å². The maximum absolute atomic E-state index is 11.2. The van der Waals surface area contributed by atoms with Crippen LogP contribution in [-0.2, 0) is 6.42 Å². The molecule has 0 radical (unpaired) electrons. The molecular formula is C23H27Cl2NO. The first kappa shape index (κ1) is 20.4. The van der Waals surface area contributed by atoms with Gasteiger partial charge >= 0.3 is 0 Å². The van der Waals surface area contributed by atoms with E-state index >= 15 is 0 Å². The molecular weight excluding hydrogens is 377 g/mol. The fraction of sp³-hybridized carbons (Fsp3) is 0.391. The molecule has 0 saturated heterocycles. The molecule has 4 heteroatoms. The lowest BCUT2D eigenvalue weighted by Gasteiger charge is -2.40. The summed E-state index contributed by atoms with van der Waals surface area (Å²) in [4.78, 5) is 0. The maximum Gasteiger partial charge on any atom is 0.0801 e. The standard InChI is InChI=1S/C23H27Cl2NO/c1-23(2,26)21-8-4-7-19(22(21)27)20(16-9-11-17(24)12-10-16)14-15-5-3-6-18(25)13-15/h3,5-6,9-13,21-22,27H,4,7-8,14,26H2,1-2H3. The highest BCUT2D eigenvalue weighted by atomic mass is 35.5. The van der Waals surface area contributed by atoms with Crippen molar-refractivity contribution in [3.63, 3.8) is 0 Å². The molecule has 2 nitrogen and oxygen atoms in total. The van der Waals surface area contributed by atoms with Crippen molar-refractivity contribution < 1.29 is 5.11 Å². The first-order chi connectivity index (χ1) is 12.8. The van der Waals surface area contributed by atoms with Crippen LogP contribution in [-0.4, -0.2) is 16.7 Å². The Balaban J connectivity index is 2.07. The first-order valence-electron chi connectivity index (χ1n) is 9.45. The number of aliphatic hydroxyl groups is 1. The Bertz CT molecular complexity index is 821. The van der Waals surface area contributed by atoms with E-state index in [-0.39, 0.29) is 5.92 Å². The highest BCUT2D eigenvalue weighted by Gasteiger charge is 2.37. The van der Waals surface area contributed by atoms with Gasteiger partial charge in [0.1, 0.15) is 0 Å². The molecule has 1 aliphatic rings. The highest BCUT2D eigenvalue weighted by Crippen LogP contribution is 2.39. The fourth-order valence-corrected chi connectivity index (χ4v) is 4.41. The van der Waals surface area contributed by atoms with Crippen LogP contribution in [0.1, 0.15) is 44.2 Å². The smallest absolute Gasteiger partial charge is 0.0801 e. The Morgan fingerprint density at radius 1 is 1.11 bits per heavy atom. The van der Waals surface area contributed by atoms with Crippen molar-refractivity contribution in [2.75, 3.05) is 0 Å². The molecule has 1 saturated carbocycles. The zero-order valence-electron chi connectivity index (χ0n) is 15.9. The van der Waals surface area contributed by atoms with Gasteiger partial charge in [-0.05, 0) is 86.1 Å². The van der Waals surface area contributed by atoms with Crippen molar-refractivity contribution in [2.45, 2.75) is 51.2 Å². The summed E-state index contributed by atoms with van der Waals surface area (Å²) >= 11 is 12.3. The van der Waals surface area contributed by atoms with Crippen LogP contribution < -0.4 is 5.73 Å². The molecule has 1 fully saturated rings. The third-order valence-electron chi connectivity index (χ3n) is 5.51. The van der Waals surface area contributed by atoms with E-state index in [4.69, 9.17) is 28.9 Å². The van der Waals surface area contributed by atoms with Crippen LogP contribution in [0, 0.1) is 5.92 Å². The lowest BCUT2D eigenvalue weighted by Crippen LogP contribution is -2.48. The molecule has 27 heavy (non-hydrogen) atoms. The van der Waals surface area contributed by atoms with E-state index in [2.05, 4.69) is 6.07 Å². The third kappa shape index (κ3) is 4.94. The van der Waals surface area contributed by atoms with Crippen LogP contribution in [0.4, 0.5) is 0 Å². The number of halogens is 2. The average Bonchev–Trinajstić information content (AvgIpc) is 2.60. The summed E-state index contributed by atoms with van der Waals surface area (Å²) in [6.07, 6.45) is 3.03. The van der Waals surface area contributed by atoms with Crippen molar-refractivity contribution in [2.24, 2.45) is 11.7 Å². The number of hydrogen-bond donors (Lipinski definition) is 2. The minimum Gasteiger partial charge on any atom is -0.388 e. The molecule has 0 aliphatic heterocycles. The van der Waals surface area contributed by atoms with Crippen molar-refractivity contribution in [3.8, 4) is 0 Å². The summed E-state index contributed by atoms with van der Waals surface area (Å²) < 4.78 is 0. The van der Waals surface area contributed by atoms with Crippen LogP contribution in [0.2, 0.25) is 10.0 Å². The lowest BCUT2D eigenvalue weighted by atomic mass is 9.71. The topological polar surface area (TPSA) is 46.2 Å². The van der Waals surface area contributed by atoms with Crippen molar-refractivity contribution in [3.05, 3.63) is 75.3 Å². The predicted molar refractivity (Wildman–Crippen MR) is 115 cm³/mol. The number of nitrogens with two attached hydrogens (primary N) is 1. The Labute approximate surface area is 172 Å². The second-order valence-electron chi connectivity index (χ2n) is 8.08. The fourth-order valence-electron chi connectivity index (χ4n) is 4.07. The van der Waals surface area contributed by atoms with Crippen LogP contribution in [0.5, 0.6) is 0 Å². The Morgan fingerprint density at radius 3 is 2.44 bits per heavy atom. The van der Waals surface area contributed by atoms with Crippen LogP contribution in [0.15, 0.2) is 54.1 Å². The zero-order valence-corrected chi connectivity index (χ0v) is 17.4. The predicted octanol–water partition coefficient (Wildman–Crippen LogP) is 5.89. The molecule has 0 heterocycles. The van der Waals surface area contributed by atoms with Crippen LogP contribution in [0.25, 0.3) is 5.57 Å². The Morgan fingerprint density at radius 2 is 1.81 bits per heavy atom. The molecule has 0 amide bonds. The normalized spacial score (nSPS) is 22.6. The van der Waals surface area contributed by atoms with Gasteiger partial charge in [0.05, 0.1) is 6.10 Å². The molecule has 2 unspecified atom stereocenters. The largest absolute Gasteiger partial charge is 0.388 e. The third-order valence-corrected chi connectivity index (χ3v) is 5.99. The van der Waals surface area contributed by atoms with E-state index in [0.717, 1.165) is 46.6 Å². The SMILES string of the molecule is CC(C)(N)C1CCCC(=C(Cc2cccc(Cl)c2)c2ccc(Cl)cc2)C1O. The van der Waals surface area contributed by atoms with Gasteiger partial charge in [-0.2, -0.15) is 0 Å². The summed E-state index contributed by atoms with van der Waals surface area (Å²) in [5.41, 5.74) is 10.4. The van der Waals surface area contributed by atoms with Gasteiger partial charge in [0.25, 0.3) is 0 Å². The second-order valence-corrected chi connectivity index (χ2v) is 8.96. The number of aliphatic hydroxyl groups excluding tert-OH is 1. The summed E-state index contributed by atoms with van der Waals surface area (Å²) in [7, 11) is 0. The molecule has 0 bridgehead atoms. The molecule has 1 aliphatic carbocycles. The minimum absolute atomic E-state index is 0.0444. The minimum atomic E-state index is -0.538. The van der Waals surface area contributed by atoms with Crippen molar-refractivity contribution in [1.29, 1.82) is 0 Å². The van der Waals surface area contributed by atoms with Gasteiger partial charge in [0.2, 0.25) is 0 Å². The first-order valence-corrected chi connectivity index (χ1v) is 10.2. The van der Waals surface area contributed by atoms with E-state index in [1.54, 1.807) is 0 Å². The summed E-state index contributed by atoms with van der Waals surface area (Å²) in [6.45, 7) is 4.01. The maximum atomic E-state index is 11.2. The Hall–Kier alpha value is -1.32. The van der Waals surface area contributed by atoms with E-state index < -0.39 is 11.6 Å². The van der Waals surface area contributed by atoms with Gasteiger partial charge < -0.3 is 10.8 Å². The summed E-state index contributed by atoms with van der Waals surface area (Å²) in [5, 5.41) is 12.6. The van der Waals surface area contributed by atoms with Crippen molar-refractivity contribution >= 4 is 28.8 Å². The molecule has 0 spiro atoms. The number of allylic oxidation sites excluding steroid dienone is 1. The molecule has 144 valence electrons. The van der Waals surface area contributed by atoms with E-state index in [1.165, 1.54) is 0 Å². The zero-order chi connectivity index (χ0) is 19.6. The van der Waals surface area contributed by atoms with Gasteiger partial charge in [0.15, 0.2) is 0 Å². The summed E-state index contributed by atoms with van der Waals surface area (Å²) in [5.74, 6) is 0.0444.